The van der Waals surface area contributed by atoms with Crippen LogP contribution in [0.25, 0.3) is 0 Å². The van der Waals surface area contributed by atoms with E-state index in [0.717, 1.165) is 16.5 Å². The van der Waals surface area contributed by atoms with Crippen LogP contribution in [0, 0.1) is 0 Å². The Balaban J connectivity index is 2.50. The van der Waals surface area contributed by atoms with Gasteiger partial charge in [-0.3, -0.25) is 0 Å². The van der Waals surface area contributed by atoms with Crippen molar-refractivity contribution in [3.8, 4) is 0 Å². The number of rotatable bonds is 6. The molecule has 90 valence electrons. The van der Waals surface area contributed by atoms with Gasteiger partial charge in [0.25, 0.3) is 0 Å². The molecule has 1 aromatic carbocycles. The van der Waals surface area contributed by atoms with Crippen molar-refractivity contribution in [3.63, 3.8) is 0 Å². The molecule has 0 radical (unpaired) electrons. The largest absolute Gasteiger partial charge is 0.396 e. The van der Waals surface area contributed by atoms with Crippen LogP contribution in [0.3, 0.4) is 0 Å². The fourth-order valence-corrected chi connectivity index (χ4v) is 1.81. The molecule has 2 nitrogen and oxygen atoms in total. The molecule has 16 heavy (non-hydrogen) atoms. The molecule has 0 saturated carbocycles. The van der Waals surface area contributed by atoms with Gasteiger partial charge >= 0.3 is 0 Å². The fourth-order valence-electron chi connectivity index (χ4n) is 1.54. The predicted molar refractivity (Wildman–Crippen MR) is 69.7 cm³/mol. The highest BCUT2D eigenvalue weighted by Crippen LogP contribution is 2.21. The zero-order valence-electron chi connectivity index (χ0n) is 9.82. The summed E-state index contributed by atoms with van der Waals surface area (Å²) in [5, 5.41) is 9.35. The van der Waals surface area contributed by atoms with Crippen LogP contribution < -0.4 is 0 Å². The molecule has 1 N–H and O–H groups in total. The van der Waals surface area contributed by atoms with Crippen LogP contribution in [0.4, 0.5) is 0 Å². The molecule has 1 atom stereocenters. The lowest BCUT2D eigenvalue weighted by atomic mass is 9.97. The van der Waals surface area contributed by atoms with Crippen LogP contribution in [-0.2, 0) is 4.74 Å². The lowest BCUT2D eigenvalue weighted by Crippen LogP contribution is -2.11. The number of hydrogen-bond acceptors (Lipinski definition) is 2. The third kappa shape index (κ3) is 4.64. The van der Waals surface area contributed by atoms with E-state index in [1.54, 1.807) is 0 Å². The third-order valence-electron chi connectivity index (χ3n) is 2.48. The number of benzene rings is 1. The second-order valence-electron chi connectivity index (χ2n) is 4.14. The maximum Gasteiger partial charge on any atom is 0.0518 e. The van der Waals surface area contributed by atoms with Gasteiger partial charge in [0.1, 0.15) is 0 Å². The third-order valence-corrected chi connectivity index (χ3v) is 3.01. The first-order valence-corrected chi connectivity index (χ1v) is 6.40. The van der Waals surface area contributed by atoms with Gasteiger partial charge in [0.05, 0.1) is 12.7 Å². The average molecular weight is 287 g/mol. The van der Waals surface area contributed by atoms with Crippen molar-refractivity contribution in [1.29, 1.82) is 0 Å². The number of ether oxygens (including phenoxy) is 1. The predicted octanol–water partition coefficient (Wildman–Crippen LogP) is 3.34. The molecular formula is C13H19BrO2. The van der Waals surface area contributed by atoms with Gasteiger partial charge in [-0.05, 0) is 38.0 Å². The summed E-state index contributed by atoms with van der Waals surface area (Å²) in [4.78, 5) is 0. The molecule has 0 aliphatic rings. The first-order valence-electron chi connectivity index (χ1n) is 5.61. The summed E-state index contributed by atoms with van der Waals surface area (Å²) in [6, 6.07) is 8.09. The fraction of sp³-hybridized carbons (Fsp3) is 0.538. The van der Waals surface area contributed by atoms with Crippen molar-refractivity contribution in [2.45, 2.75) is 32.3 Å². The first-order chi connectivity index (χ1) is 7.63. The van der Waals surface area contributed by atoms with Crippen molar-refractivity contribution >= 4 is 15.9 Å². The van der Waals surface area contributed by atoms with Gasteiger partial charge in [0, 0.05) is 17.0 Å². The Morgan fingerprint density at radius 1 is 1.25 bits per heavy atom. The van der Waals surface area contributed by atoms with Crippen molar-refractivity contribution in [3.05, 3.63) is 34.3 Å². The molecule has 0 saturated heterocycles. The van der Waals surface area contributed by atoms with E-state index in [-0.39, 0.29) is 18.6 Å². The second kappa shape index (κ2) is 7.05. The zero-order valence-corrected chi connectivity index (χ0v) is 11.4. The summed E-state index contributed by atoms with van der Waals surface area (Å²) < 4.78 is 6.56. The molecule has 1 rings (SSSR count). The normalized spacial score (nSPS) is 13.1. The Morgan fingerprint density at radius 2 is 1.88 bits per heavy atom. The summed E-state index contributed by atoms with van der Waals surface area (Å²) in [6.07, 6.45) is 1.11. The van der Waals surface area contributed by atoms with Gasteiger partial charge in [0.2, 0.25) is 0 Å². The van der Waals surface area contributed by atoms with Crippen LogP contribution in [0.15, 0.2) is 28.7 Å². The average Bonchev–Trinajstić information content (AvgIpc) is 2.26. The molecule has 0 aliphatic carbocycles. The minimum absolute atomic E-state index is 0.170. The standard InChI is InChI=1S/C13H19BrO2/c1-10(2)16-8-7-12(9-15)11-3-5-13(14)6-4-11/h3-6,10,12,15H,7-9H2,1-2H3. The molecule has 0 heterocycles. The minimum Gasteiger partial charge on any atom is -0.396 e. The second-order valence-corrected chi connectivity index (χ2v) is 5.05. The van der Waals surface area contributed by atoms with E-state index < -0.39 is 0 Å². The molecule has 1 unspecified atom stereocenters. The van der Waals surface area contributed by atoms with E-state index in [1.807, 2.05) is 38.1 Å². The maximum absolute atomic E-state index is 9.35. The van der Waals surface area contributed by atoms with Crippen molar-refractivity contribution < 1.29 is 9.84 Å². The van der Waals surface area contributed by atoms with Crippen LogP contribution >= 0.6 is 15.9 Å². The molecular weight excluding hydrogens is 268 g/mol. The van der Waals surface area contributed by atoms with Crippen molar-refractivity contribution in [2.24, 2.45) is 0 Å². The van der Waals surface area contributed by atoms with E-state index in [0.29, 0.717) is 6.61 Å². The summed E-state index contributed by atoms with van der Waals surface area (Å²) in [7, 11) is 0. The van der Waals surface area contributed by atoms with E-state index >= 15 is 0 Å². The molecule has 3 heteroatoms. The highest BCUT2D eigenvalue weighted by atomic mass is 79.9. The minimum atomic E-state index is 0.170. The van der Waals surface area contributed by atoms with Gasteiger partial charge in [-0.25, -0.2) is 0 Å². The van der Waals surface area contributed by atoms with Crippen LogP contribution in [0.5, 0.6) is 0 Å². The zero-order chi connectivity index (χ0) is 12.0. The summed E-state index contributed by atoms with van der Waals surface area (Å²) in [6.45, 7) is 4.91. The molecule has 0 amide bonds. The Morgan fingerprint density at radius 3 is 2.38 bits per heavy atom. The Labute approximate surface area is 106 Å². The summed E-state index contributed by atoms with van der Waals surface area (Å²) in [5.41, 5.74) is 1.16. The monoisotopic (exact) mass is 286 g/mol. The van der Waals surface area contributed by atoms with E-state index in [2.05, 4.69) is 15.9 Å². The molecule has 0 spiro atoms. The quantitative estimate of drug-likeness (QED) is 0.869. The summed E-state index contributed by atoms with van der Waals surface area (Å²) in [5.74, 6) is 0.173. The van der Waals surface area contributed by atoms with Gasteiger partial charge in [0.15, 0.2) is 0 Å². The number of aliphatic hydroxyl groups excluding tert-OH is 1. The van der Waals surface area contributed by atoms with Crippen LogP contribution in [-0.4, -0.2) is 24.4 Å². The van der Waals surface area contributed by atoms with Gasteiger partial charge < -0.3 is 9.84 Å². The van der Waals surface area contributed by atoms with E-state index in [4.69, 9.17) is 4.74 Å². The van der Waals surface area contributed by atoms with Gasteiger partial charge in [-0.15, -0.1) is 0 Å². The smallest absolute Gasteiger partial charge is 0.0518 e. The highest BCUT2D eigenvalue weighted by molar-refractivity contribution is 9.10. The first kappa shape index (κ1) is 13.7. The van der Waals surface area contributed by atoms with E-state index in [1.165, 1.54) is 0 Å². The van der Waals surface area contributed by atoms with Gasteiger partial charge in [-0.1, -0.05) is 28.1 Å². The Bertz CT molecular complexity index is 295. The summed E-state index contributed by atoms with van der Waals surface area (Å²) >= 11 is 3.40. The SMILES string of the molecule is CC(C)OCCC(CO)c1ccc(Br)cc1. The Kier molecular flexibility index (Phi) is 6.03. The van der Waals surface area contributed by atoms with Gasteiger partial charge in [-0.2, -0.15) is 0 Å². The Hall–Kier alpha value is -0.380. The van der Waals surface area contributed by atoms with Crippen LogP contribution in [0.1, 0.15) is 31.7 Å². The molecule has 0 fully saturated rings. The highest BCUT2D eigenvalue weighted by Gasteiger charge is 2.10. The van der Waals surface area contributed by atoms with Crippen LogP contribution in [0.2, 0.25) is 0 Å². The lowest BCUT2D eigenvalue weighted by Gasteiger charge is -2.15. The maximum atomic E-state index is 9.35. The number of halogens is 1. The lowest BCUT2D eigenvalue weighted by molar-refractivity contribution is 0.0691. The van der Waals surface area contributed by atoms with E-state index in [9.17, 15) is 5.11 Å². The number of aliphatic hydroxyl groups is 1. The van der Waals surface area contributed by atoms with Crippen molar-refractivity contribution in [2.75, 3.05) is 13.2 Å². The molecule has 0 aliphatic heterocycles. The topological polar surface area (TPSA) is 29.5 Å². The number of hydrogen-bond donors (Lipinski definition) is 1. The molecule has 0 bridgehead atoms. The van der Waals surface area contributed by atoms with Crippen molar-refractivity contribution in [1.82, 2.24) is 0 Å². The molecule has 1 aromatic rings. The molecule has 0 aromatic heterocycles.